The summed E-state index contributed by atoms with van der Waals surface area (Å²) in [6.45, 7) is 0. The topological polar surface area (TPSA) is 46.6 Å². The Balaban J connectivity index is 2.22. The molecule has 1 saturated carbocycles. The first kappa shape index (κ1) is 8.69. The zero-order valence-corrected chi connectivity index (χ0v) is 7.66. The third-order valence-electron chi connectivity index (χ3n) is 2.98. The van der Waals surface area contributed by atoms with Gasteiger partial charge in [-0.1, -0.05) is 12.8 Å². The molecule has 4 heteroatoms. The molecule has 13 heavy (non-hydrogen) atoms. The molecule has 2 fully saturated rings. The lowest BCUT2D eigenvalue weighted by atomic mass is 9.81. The highest BCUT2D eigenvalue weighted by molar-refractivity contribution is 6.03. The standard InChI is InChI=1S/C9H13NO3/c1-13-10-8(11)6-4-2-3-5-7(6)9(10)12/h6-7H,2-5H2,1H3. The van der Waals surface area contributed by atoms with Crippen LogP contribution in [0, 0.1) is 11.8 Å². The Morgan fingerprint density at radius 1 is 1.15 bits per heavy atom. The van der Waals surface area contributed by atoms with Crippen molar-refractivity contribution in [2.45, 2.75) is 25.7 Å². The maximum absolute atomic E-state index is 11.6. The van der Waals surface area contributed by atoms with Gasteiger partial charge in [-0.3, -0.25) is 14.4 Å². The molecular formula is C9H13NO3. The monoisotopic (exact) mass is 183 g/mol. The highest BCUT2D eigenvalue weighted by Gasteiger charge is 2.48. The van der Waals surface area contributed by atoms with E-state index in [4.69, 9.17) is 4.84 Å². The van der Waals surface area contributed by atoms with Gasteiger partial charge >= 0.3 is 0 Å². The second-order valence-corrected chi connectivity index (χ2v) is 3.65. The van der Waals surface area contributed by atoms with Gasteiger partial charge in [0.15, 0.2) is 0 Å². The van der Waals surface area contributed by atoms with Gasteiger partial charge in [0, 0.05) is 0 Å². The maximum atomic E-state index is 11.6. The van der Waals surface area contributed by atoms with Crippen LogP contribution in [0.25, 0.3) is 0 Å². The van der Waals surface area contributed by atoms with Gasteiger partial charge in [0.2, 0.25) is 0 Å². The third kappa shape index (κ3) is 1.16. The Kier molecular flexibility index (Phi) is 2.07. The summed E-state index contributed by atoms with van der Waals surface area (Å²) in [6.07, 6.45) is 3.79. The molecule has 0 aromatic carbocycles. The molecule has 72 valence electrons. The number of hydroxylamine groups is 2. The van der Waals surface area contributed by atoms with Crippen LogP contribution in [-0.4, -0.2) is 24.0 Å². The van der Waals surface area contributed by atoms with Gasteiger partial charge in [0.05, 0.1) is 18.9 Å². The normalized spacial score (nSPS) is 33.8. The molecule has 0 radical (unpaired) electrons. The van der Waals surface area contributed by atoms with Crippen LogP contribution < -0.4 is 0 Å². The average Bonchev–Trinajstić information content (AvgIpc) is 2.41. The molecule has 1 aliphatic heterocycles. The van der Waals surface area contributed by atoms with Crippen LogP contribution in [0.1, 0.15) is 25.7 Å². The number of imide groups is 1. The summed E-state index contributed by atoms with van der Waals surface area (Å²) >= 11 is 0. The minimum atomic E-state index is -0.141. The summed E-state index contributed by atoms with van der Waals surface area (Å²) in [5, 5.41) is 0.931. The van der Waals surface area contributed by atoms with E-state index in [0.29, 0.717) is 0 Å². The molecule has 0 N–H and O–H groups in total. The van der Waals surface area contributed by atoms with Crippen LogP contribution in [0.15, 0.2) is 0 Å². The van der Waals surface area contributed by atoms with Crippen molar-refractivity contribution >= 4 is 11.8 Å². The predicted octanol–water partition coefficient (Wildman–Crippen LogP) is 0.723. The van der Waals surface area contributed by atoms with E-state index in [1.165, 1.54) is 7.11 Å². The number of rotatable bonds is 1. The van der Waals surface area contributed by atoms with E-state index in [0.717, 1.165) is 30.7 Å². The Bertz CT molecular complexity index is 227. The van der Waals surface area contributed by atoms with Crippen molar-refractivity contribution in [2.75, 3.05) is 7.11 Å². The van der Waals surface area contributed by atoms with Crippen LogP contribution >= 0.6 is 0 Å². The smallest absolute Gasteiger partial charge is 0.257 e. The van der Waals surface area contributed by atoms with E-state index in [1.54, 1.807) is 0 Å². The fourth-order valence-electron chi connectivity index (χ4n) is 2.31. The highest BCUT2D eigenvalue weighted by Crippen LogP contribution is 2.37. The van der Waals surface area contributed by atoms with Crippen LogP contribution in [0.5, 0.6) is 0 Å². The summed E-state index contributed by atoms with van der Waals surface area (Å²) in [7, 11) is 1.37. The Morgan fingerprint density at radius 3 is 2.00 bits per heavy atom. The first-order valence-electron chi connectivity index (χ1n) is 4.67. The lowest BCUT2D eigenvalue weighted by Crippen LogP contribution is -2.29. The van der Waals surface area contributed by atoms with E-state index in [9.17, 15) is 9.59 Å². The number of carbonyl (C=O) groups excluding carboxylic acids is 2. The van der Waals surface area contributed by atoms with Gasteiger partial charge in [-0.2, -0.15) is 5.06 Å². The number of carbonyl (C=O) groups is 2. The summed E-state index contributed by atoms with van der Waals surface area (Å²) in [5.41, 5.74) is 0. The average molecular weight is 183 g/mol. The minimum Gasteiger partial charge on any atom is -0.272 e. The molecule has 0 aromatic heterocycles. The molecule has 2 unspecified atom stereocenters. The van der Waals surface area contributed by atoms with Crippen molar-refractivity contribution in [3.05, 3.63) is 0 Å². The molecule has 2 amide bonds. The van der Waals surface area contributed by atoms with Gasteiger partial charge in [-0.05, 0) is 12.8 Å². The molecule has 2 rings (SSSR count). The summed E-state index contributed by atoms with van der Waals surface area (Å²) < 4.78 is 0. The predicted molar refractivity (Wildman–Crippen MR) is 44.3 cm³/mol. The highest BCUT2D eigenvalue weighted by atomic mass is 16.7. The number of fused-ring (bicyclic) bond motifs is 1. The first-order valence-corrected chi connectivity index (χ1v) is 4.67. The third-order valence-corrected chi connectivity index (χ3v) is 2.98. The molecular weight excluding hydrogens is 170 g/mol. The summed E-state index contributed by atoms with van der Waals surface area (Å²) in [5.74, 6) is -0.475. The fraction of sp³-hybridized carbons (Fsp3) is 0.778. The second-order valence-electron chi connectivity index (χ2n) is 3.65. The van der Waals surface area contributed by atoms with Gasteiger partial charge in [0.1, 0.15) is 0 Å². The molecule has 1 saturated heterocycles. The summed E-state index contributed by atoms with van der Waals surface area (Å²) in [6, 6.07) is 0. The van der Waals surface area contributed by atoms with Crippen molar-refractivity contribution in [3.63, 3.8) is 0 Å². The van der Waals surface area contributed by atoms with Crippen molar-refractivity contribution < 1.29 is 14.4 Å². The SMILES string of the molecule is CON1C(=O)C2CCCCC2C1=O. The van der Waals surface area contributed by atoms with E-state index in [1.807, 2.05) is 0 Å². The second kappa shape index (κ2) is 3.10. The quantitative estimate of drug-likeness (QED) is 0.563. The van der Waals surface area contributed by atoms with Gasteiger partial charge in [-0.25, -0.2) is 0 Å². The molecule has 4 nitrogen and oxygen atoms in total. The number of hydrogen-bond acceptors (Lipinski definition) is 3. The summed E-state index contributed by atoms with van der Waals surface area (Å²) in [4.78, 5) is 27.9. The first-order chi connectivity index (χ1) is 6.25. The molecule has 1 heterocycles. The van der Waals surface area contributed by atoms with Crippen molar-refractivity contribution in [1.29, 1.82) is 0 Å². The van der Waals surface area contributed by atoms with Crippen molar-refractivity contribution in [1.82, 2.24) is 5.06 Å². The minimum absolute atomic E-state index is 0.0961. The van der Waals surface area contributed by atoms with Crippen LogP contribution in [-0.2, 0) is 14.4 Å². The number of amides is 2. The zero-order chi connectivity index (χ0) is 9.42. The molecule has 0 bridgehead atoms. The number of hydrogen-bond donors (Lipinski definition) is 0. The van der Waals surface area contributed by atoms with Gasteiger partial charge < -0.3 is 0 Å². The zero-order valence-electron chi connectivity index (χ0n) is 7.66. The molecule has 0 aromatic rings. The molecule has 0 spiro atoms. The van der Waals surface area contributed by atoms with Crippen LogP contribution in [0.4, 0.5) is 0 Å². The Morgan fingerprint density at radius 2 is 1.62 bits per heavy atom. The van der Waals surface area contributed by atoms with Crippen LogP contribution in [0.2, 0.25) is 0 Å². The maximum Gasteiger partial charge on any atom is 0.257 e. The van der Waals surface area contributed by atoms with Crippen molar-refractivity contribution in [2.24, 2.45) is 11.8 Å². The fourth-order valence-corrected chi connectivity index (χ4v) is 2.31. The largest absolute Gasteiger partial charge is 0.272 e. The van der Waals surface area contributed by atoms with Gasteiger partial charge in [0.25, 0.3) is 11.8 Å². The van der Waals surface area contributed by atoms with E-state index < -0.39 is 0 Å². The van der Waals surface area contributed by atoms with E-state index >= 15 is 0 Å². The molecule has 2 atom stereocenters. The van der Waals surface area contributed by atoms with Crippen molar-refractivity contribution in [3.8, 4) is 0 Å². The lowest BCUT2D eigenvalue weighted by Gasteiger charge is -2.19. The van der Waals surface area contributed by atoms with E-state index in [-0.39, 0.29) is 23.7 Å². The number of nitrogens with zero attached hydrogens (tertiary/aromatic N) is 1. The lowest BCUT2D eigenvalue weighted by molar-refractivity contribution is -0.181. The van der Waals surface area contributed by atoms with E-state index in [2.05, 4.69) is 0 Å². The van der Waals surface area contributed by atoms with Gasteiger partial charge in [-0.15, -0.1) is 0 Å². The Hall–Kier alpha value is -0.900. The molecule has 1 aliphatic carbocycles. The van der Waals surface area contributed by atoms with Crippen LogP contribution in [0.3, 0.4) is 0 Å². The molecule has 2 aliphatic rings. The Labute approximate surface area is 76.8 Å².